The average molecular weight is 449 g/mol. The highest BCUT2D eigenvalue weighted by Gasteiger charge is 2.24. The van der Waals surface area contributed by atoms with E-state index in [9.17, 15) is 9.18 Å². The molecule has 3 aromatic rings. The van der Waals surface area contributed by atoms with Gasteiger partial charge in [-0.15, -0.1) is 0 Å². The van der Waals surface area contributed by atoms with Crippen molar-refractivity contribution in [1.82, 2.24) is 19.9 Å². The number of amides is 1. The third kappa shape index (κ3) is 5.90. The summed E-state index contributed by atoms with van der Waals surface area (Å²) in [5.74, 6) is 1.82. The Bertz CT molecular complexity index is 1130. The fourth-order valence-electron chi connectivity index (χ4n) is 4.05. The molecule has 8 heteroatoms. The number of nitrogens with one attached hydrogen (secondary N) is 2. The van der Waals surface area contributed by atoms with E-state index in [0.29, 0.717) is 18.2 Å². The monoisotopic (exact) mass is 448 g/mol. The number of nitrogens with zero attached hydrogens (tertiary/aromatic N) is 4. The molecule has 1 amide bonds. The second kappa shape index (κ2) is 10.0. The topological polar surface area (TPSA) is 83.0 Å². The molecule has 3 heterocycles. The van der Waals surface area contributed by atoms with Gasteiger partial charge in [0.2, 0.25) is 5.91 Å². The van der Waals surface area contributed by atoms with Crippen LogP contribution >= 0.6 is 0 Å². The van der Waals surface area contributed by atoms with E-state index < -0.39 is 0 Å². The van der Waals surface area contributed by atoms with Gasteiger partial charge in [0.05, 0.1) is 12.7 Å². The summed E-state index contributed by atoms with van der Waals surface area (Å²) < 4.78 is 13.1. The third-order valence-electron chi connectivity index (χ3n) is 6.05. The van der Waals surface area contributed by atoms with Crippen LogP contribution in [0.3, 0.4) is 0 Å². The van der Waals surface area contributed by atoms with Crippen LogP contribution in [0.5, 0.6) is 0 Å². The van der Waals surface area contributed by atoms with Crippen molar-refractivity contribution in [3.05, 3.63) is 71.1 Å². The van der Waals surface area contributed by atoms with Gasteiger partial charge in [0, 0.05) is 23.4 Å². The van der Waals surface area contributed by atoms with Crippen molar-refractivity contribution in [1.29, 1.82) is 0 Å². The Balaban J connectivity index is 1.33. The number of likely N-dealkylation sites (tertiary alicyclic amines) is 1. The van der Waals surface area contributed by atoms with Gasteiger partial charge in [-0.2, -0.15) is 0 Å². The van der Waals surface area contributed by atoms with Crippen LogP contribution in [0.1, 0.15) is 41.4 Å². The first-order valence-electron chi connectivity index (χ1n) is 11.2. The van der Waals surface area contributed by atoms with Crippen molar-refractivity contribution < 1.29 is 9.18 Å². The van der Waals surface area contributed by atoms with Crippen LogP contribution in [0, 0.1) is 26.6 Å². The van der Waals surface area contributed by atoms with Gasteiger partial charge in [0.25, 0.3) is 0 Å². The van der Waals surface area contributed by atoms with Crippen LogP contribution < -0.4 is 10.6 Å². The number of hydrogen-bond donors (Lipinski definition) is 2. The molecule has 1 aliphatic heterocycles. The molecule has 2 N–H and O–H groups in total. The molecule has 33 heavy (non-hydrogen) atoms. The summed E-state index contributed by atoms with van der Waals surface area (Å²) in [6.07, 6.45) is 2.94. The number of carbonyl (C=O) groups excluding carboxylic acids is 1. The van der Waals surface area contributed by atoms with E-state index in [1.165, 1.54) is 12.3 Å². The van der Waals surface area contributed by atoms with Crippen molar-refractivity contribution in [3.63, 3.8) is 0 Å². The number of halogens is 1. The number of anilines is 3. The van der Waals surface area contributed by atoms with Gasteiger partial charge in [0.15, 0.2) is 0 Å². The summed E-state index contributed by atoms with van der Waals surface area (Å²) in [6, 6.07) is 10.7. The van der Waals surface area contributed by atoms with Gasteiger partial charge in [-0.3, -0.25) is 9.69 Å². The van der Waals surface area contributed by atoms with Gasteiger partial charge in [-0.25, -0.2) is 19.3 Å². The number of aryl methyl sites for hydroxylation is 2. The van der Waals surface area contributed by atoms with Crippen molar-refractivity contribution in [3.8, 4) is 0 Å². The molecule has 1 aliphatic rings. The van der Waals surface area contributed by atoms with E-state index in [1.807, 2.05) is 45.0 Å². The van der Waals surface area contributed by atoms with E-state index >= 15 is 0 Å². The highest BCUT2D eigenvalue weighted by molar-refractivity contribution is 5.93. The lowest BCUT2D eigenvalue weighted by Gasteiger charge is -2.31. The van der Waals surface area contributed by atoms with Crippen LogP contribution in [0.4, 0.5) is 21.7 Å². The number of hydrogen-bond acceptors (Lipinski definition) is 6. The zero-order valence-corrected chi connectivity index (χ0v) is 19.2. The van der Waals surface area contributed by atoms with E-state index in [0.717, 1.165) is 54.3 Å². The van der Waals surface area contributed by atoms with Crippen LogP contribution in [-0.2, 0) is 4.79 Å². The summed E-state index contributed by atoms with van der Waals surface area (Å²) in [5, 5.41) is 6.17. The number of piperidine rings is 1. The molecule has 0 aliphatic carbocycles. The largest absolute Gasteiger partial charge is 0.325 e. The minimum absolute atomic E-state index is 0.00670. The minimum atomic E-state index is -0.380. The summed E-state index contributed by atoms with van der Waals surface area (Å²) in [7, 11) is 0. The molecule has 2 aromatic heterocycles. The van der Waals surface area contributed by atoms with Gasteiger partial charge in [-0.1, -0.05) is 12.1 Å². The molecule has 4 rings (SSSR count). The second-order valence-corrected chi connectivity index (χ2v) is 8.59. The lowest BCUT2D eigenvalue weighted by Crippen LogP contribution is -2.39. The Morgan fingerprint density at radius 3 is 2.61 bits per heavy atom. The Morgan fingerprint density at radius 1 is 1.09 bits per heavy atom. The summed E-state index contributed by atoms with van der Waals surface area (Å²) >= 11 is 0. The highest BCUT2D eigenvalue weighted by Crippen LogP contribution is 2.27. The molecule has 7 nitrogen and oxygen atoms in total. The molecule has 172 valence electrons. The van der Waals surface area contributed by atoms with Gasteiger partial charge in [0.1, 0.15) is 23.3 Å². The standard InChI is InChI=1S/C25H29FN6O/c1-16-5-4-6-21(18(16)3)29-24(33)15-32-11-9-19(10-12-32)25-28-17(2)13-23(31-25)30-22-8-7-20(26)14-27-22/h4-8,13-14,19H,9-12,15H2,1-3H3,(H,29,33)(H,27,28,30,31). The van der Waals surface area contributed by atoms with Crippen molar-refractivity contribution >= 4 is 23.2 Å². The SMILES string of the molecule is Cc1cc(Nc2ccc(F)cn2)nc(C2CCN(CC(=O)Nc3cccc(C)c3C)CC2)n1. The number of rotatable bonds is 6. The summed E-state index contributed by atoms with van der Waals surface area (Å²) in [4.78, 5) is 28.1. The van der Waals surface area contributed by atoms with Crippen molar-refractivity contribution in [2.24, 2.45) is 0 Å². The second-order valence-electron chi connectivity index (χ2n) is 8.59. The molecular weight excluding hydrogens is 419 g/mol. The number of pyridine rings is 1. The maximum atomic E-state index is 13.1. The fourth-order valence-corrected chi connectivity index (χ4v) is 4.05. The van der Waals surface area contributed by atoms with E-state index in [1.54, 1.807) is 6.07 Å². The highest BCUT2D eigenvalue weighted by atomic mass is 19.1. The Hall–Kier alpha value is -3.39. The lowest BCUT2D eigenvalue weighted by atomic mass is 9.95. The van der Waals surface area contributed by atoms with Crippen molar-refractivity contribution in [2.45, 2.75) is 39.5 Å². The average Bonchev–Trinajstić information content (AvgIpc) is 2.78. The van der Waals surface area contributed by atoms with Gasteiger partial charge < -0.3 is 10.6 Å². The zero-order valence-electron chi connectivity index (χ0n) is 19.2. The predicted molar refractivity (Wildman–Crippen MR) is 127 cm³/mol. The Morgan fingerprint density at radius 2 is 1.88 bits per heavy atom. The first-order valence-corrected chi connectivity index (χ1v) is 11.2. The van der Waals surface area contributed by atoms with Crippen LogP contribution in [0.15, 0.2) is 42.6 Å². The Labute approximate surface area is 193 Å². The lowest BCUT2D eigenvalue weighted by molar-refractivity contribution is -0.117. The van der Waals surface area contributed by atoms with Crippen LogP contribution in [0.25, 0.3) is 0 Å². The quantitative estimate of drug-likeness (QED) is 0.578. The predicted octanol–water partition coefficient (Wildman–Crippen LogP) is 4.50. The number of benzene rings is 1. The zero-order chi connectivity index (χ0) is 23.4. The molecule has 0 radical (unpaired) electrons. The minimum Gasteiger partial charge on any atom is -0.325 e. The van der Waals surface area contributed by atoms with E-state index in [4.69, 9.17) is 0 Å². The molecule has 1 saturated heterocycles. The molecule has 0 bridgehead atoms. The number of carbonyl (C=O) groups is 1. The van der Waals surface area contributed by atoms with Crippen LogP contribution in [0.2, 0.25) is 0 Å². The number of aromatic nitrogens is 3. The normalized spacial score (nSPS) is 14.8. The molecule has 1 fully saturated rings. The fraction of sp³-hybridized carbons (Fsp3) is 0.360. The van der Waals surface area contributed by atoms with Gasteiger partial charge in [-0.05, 0) is 76.0 Å². The van der Waals surface area contributed by atoms with Crippen molar-refractivity contribution in [2.75, 3.05) is 30.3 Å². The molecule has 0 saturated carbocycles. The van der Waals surface area contributed by atoms with E-state index in [2.05, 4.69) is 30.5 Å². The molecule has 0 spiro atoms. The molecule has 0 unspecified atom stereocenters. The molecular formula is C25H29FN6O. The van der Waals surface area contributed by atoms with Crippen LogP contribution in [-0.4, -0.2) is 45.4 Å². The van der Waals surface area contributed by atoms with E-state index in [-0.39, 0.29) is 17.6 Å². The summed E-state index contributed by atoms with van der Waals surface area (Å²) in [6.45, 7) is 7.99. The maximum Gasteiger partial charge on any atom is 0.238 e. The maximum absolute atomic E-state index is 13.1. The molecule has 1 aromatic carbocycles. The van der Waals surface area contributed by atoms with Gasteiger partial charge >= 0.3 is 0 Å². The first kappa shape index (κ1) is 22.8. The smallest absolute Gasteiger partial charge is 0.238 e. The summed E-state index contributed by atoms with van der Waals surface area (Å²) in [5.41, 5.74) is 4.00. The molecule has 0 atom stereocenters. The first-order chi connectivity index (χ1) is 15.9. The third-order valence-corrected chi connectivity index (χ3v) is 6.05. The Kier molecular flexibility index (Phi) is 6.93.